The number of nitrogens with two attached hydrogens (primary N) is 1. The monoisotopic (exact) mass is 458 g/mol. The summed E-state index contributed by atoms with van der Waals surface area (Å²) in [6, 6.07) is 17.0. The predicted molar refractivity (Wildman–Crippen MR) is 147 cm³/mol. The van der Waals surface area contributed by atoms with Gasteiger partial charge in [-0.15, -0.1) is 0 Å². The van der Waals surface area contributed by atoms with Crippen LogP contribution in [0.2, 0.25) is 0 Å². The molecule has 3 nitrogen and oxygen atoms in total. The predicted octanol–water partition coefficient (Wildman–Crippen LogP) is 8.38. The second-order valence-electron chi connectivity index (χ2n) is 10.4. The molecule has 4 N–H and O–H groups in total. The van der Waals surface area contributed by atoms with Crippen LogP contribution in [0.5, 0.6) is 5.75 Å². The summed E-state index contributed by atoms with van der Waals surface area (Å²) in [6.07, 6.45) is 3.02. The lowest BCUT2D eigenvalue weighted by molar-refractivity contribution is 0.475. The van der Waals surface area contributed by atoms with Crippen LogP contribution in [-0.2, 0) is 6.42 Å². The van der Waals surface area contributed by atoms with Crippen molar-refractivity contribution in [3.05, 3.63) is 87.5 Å². The highest BCUT2D eigenvalue weighted by Gasteiger charge is 2.18. The smallest absolute Gasteiger partial charge is 0.115 e. The van der Waals surface area contributed by atoms with E-state index in [9.17, 15) is 5.11 Å². The number of nitrogen functional groups attached to an aromatic ring is 1. The van der Waals surface area contributed by atoms with Crippen molar-refractivity contribution in [2.75, 3.05) is 11.1 Å². The highest BCUT2D eigenvalue weighted by Crippen LogP contribution is 2.35. The minimum atomic E-state index is 0.209. The summed E-state index contributed by atoms with van der Waals surface area (Å²) in [5.41, 5.74) is 17.4. The topological polar surface area (TPSA) is 58.3 Å². The summed E-state index contributed by atoms with van der Waals surface area (Å²) in [5.74, 6) is 1.12. The van der Waals surface area contributed by atoms with Crippen molar-refractivity contribution in [3.8, 4) is 5.75 Å². The number of nitrogens with one attached hydrogen (secondary N) is 1. The maximum atomic E-state index is 9.72. The molecule has 0 saturated carbocycles. The van der Waals surface area contributed by atoms with Crippen molar-refractivity contribution in [2.45, 2.75) is 85.6 Å². The molecule has 3 aromatic rings. The van der Waals surface area contributed by atoms with Crippen LogP contribution in [0.25, 0.3) is 0 Å². The third-order valence-corrected chi connectivity index (χ3v) is 6.75. The zero-order valence-corrected chi connectivity index (χ0v) is 22.0. The normalized spacial score (nSPS) is 12.4. The summed E-state index contributed by atoms with van der Waals surface area (Å²) in [5, 5.41) is 13.6. The lowest BCUT2D eigenvalue weighted by Crippen LogP contribution is -2.14. The summed E-state index contributed by atoms with van der Waals surface area (Å²) < 4.78 is 0. The Morgan fingerprint density at radius 3 is 1.94 bits per heavy atom. The van der Waals surface area contributed by atoms with E-state index in [1.165, 1.54) is 39.1 Å². The Hall–Kier alpha value is -2.94. The van der Waals surface area contributed by atoms with Crippen LogP contribution in [0.3, 0.4) is 0 Å². The number of phenols is 1. The molecular weight excluding hydrogens is 416 g/mol. The summed E-state index contributed by atoms with van der Waals surface area (Å²) in [7, 11) is 0. The number of aryl methyl sites for hydroxylation is 2. The Morgan fingerprint density at radius 1 is 0.824 bits per heavy atom. The first-order chi connectivity index (χ1) is 16.1. The van der Waals surface area contributed by atoms with Gasteiger partial charge in [0, 0.05) is 11.4 Å². The van der Waals surface area contributed by atoms with Gasteiger partial charge in [0.15, 0.2) is 0 Å². The summed E-state index contributed by atoms with van der Waals surface area (Å²) >= 11 is 0. The molecule has 0 amide bonds. The van der Waals surface area contributed by atoms with Crippen molar-refractivity contribution in [2.24, 2.45) is 0 Å². The minimum absolute atomic E-state index is 0.209. The van der Waals surface area contributed by atoms with E-state index in [2.05, 4.69) is 78.0 Å². The van der Waals surface area contributed by atoms with E-state index in [0.717, 1.165) is 30.5 Å². The first kappa shape index (κ1) is 25.7. The Bertz CT molecular complexity index is 1110. The van der Waals surface area contributed by atoms with Gasteiger partial charge in [-0.1, -0.05) is 77.4 Å². The molecule has 0 saturated heterocycles. The third-order valence-electron chi connectivity index (χ3n) is 6.75. The molecule has 0 aliphatic heterocycles. The number of hydrogen-bond donors (Lipinski definition) is 3. The molecule has 182 valence electrons. The Morgan fingerprint density at radius 2 is 1.38 bits per heavy atom. The van der Waals surface area contributed by atoms with Gasteiger partial charge in [-0.05, 0) is 89.6 Å². The van der Waals surface area contributed by atoms with Gasteiger partial charge in [0.2, 0.25) is 0 Å². The highest BCUT2D eigenvalue weighted by molar-refractivity contribution is 5.62. The summed E-state index contributed by atoms with van der Waals surface area (Å²) in [6.45, 7) is 15.5. The van der Waals surface area contributed by atoms with Gasteiger partial charge in [0.05, 0.1) is 6.04 Å². The van der Waals surface area contributed by atoms with Crippen LogP contribution in [0.15, 0.2) is 48.5 Å². The van der Waals surface area contributed by atoms with E-state index in [1.807, 2.05) is 12.1 Å². The number of rotatable bonds is 9. The van der Waals surface area contributed by atoms with Crippen LogP contribution in [0.1, 0.15) is 104 Å². The van der Waals surface area contributed by atoms with Gasteiger partial charge in [-0.2, -0.15) is 0 Å². The van der Waals surface area contributed by atoms with E-state index in [1.54, 1.807) is 12.1 Å². The molecular formula is C31H42N2O. The number of aromatic hydroxyl groups is 1. The fraction of sp³-hybridized carbons (Fsp3) is 0.419. The van der Waals surface area contributed by atoms with Gasteiger partial charge in [0.1, 0.15) is 5.75 Å². The molecule has 0 bridgehead atoms. The van der Waals surface area contributed by atoms with E-state index in [4.69, 9.17) is 5.73 Å². The van der Waals surface area contributed by atoms with Crippen molar-refractivity contribution in [1.82, 2.24) is 0 Å². The number of benzene rings is 3. The standard InChI is InChI=1S/C31H42N2O/c1-8-9-29(25-10-12-26(34)13-11-25)33-31-22(7)15-24(18-28(31)20(4)5)16-23-14-21(6)30(32)27(17-23)19(2)3/h10-15,17-20,29,33-34H,8-9,16,32H2,1-7H3. The molecule has 0 fully saturated rings. The van der Waals surface area contributed by atoms with Crippen molar-refractivity contribution >= 4 is 11.4 Å². The number of hydrogen-bond acceptors (Lipinski definition) is 3. The van der Waals surface area contributed by atoms with Crippen molar-refractivity contribution in [1.29, 1.82) is 0 Å². The zero-order chi connectivity index (χ0) is 25.0. The van der Waals surface area contributed by atoms with Gasteiger partial charge in [-0.3, -0.25) is 0 Å². The van der Waals surface area contributed by atoms with Gasteiger partial charge in [-0.25, -0.2) is 0 Å². The zero-order valence-electron chi connectivity index (χ0n) is 22.0. The van der Waals surface area contributed by atoms with Crippen molar-refractivity contribution in [3.63, 3.8) is 0 Å². The summed E-state index contributed by atoms with van der Waals surface area (Å²) in [4.78, 5) is 0. The fourth-order valence-corrected chi connectivity index (χ4v) is 4.86. The number of phenolic OH excluding ortho intramolecular Hbond substituents is 1. The first-order valence-corrected chi connectivity index (χ1v) is 12.7. The van der Waals surface area contributed by atoms with Crippen LogP contribution in [0, 0.1) is 13.8 Å². The molecule has 0 radical (unpaired) electrons. The van der Waals surface area contributed by atoms with E-state index in [-0.39, 0.29) is 6.04 Å². The molecule has 34 heavy (non-hydrogen) atoms. The molecule has 3 aromatic carbocycles. The first-order valence-electron chi connectivity index (χ1n) is 12.7. The molecule has 1 unspecified atom stereocenters. The molecule has 0 aromatic heterocycles. The highest BCUT2D eigenvalue weighted by atomic mass is 16.3. The lowest BCUT2D eigenvalue weighted by atomic mass is 9.90. The molecule has 0 heterocycles. The Kier molecular flexibility index (Phi) is 8.30. The van der Waals surface area contributed by atoms with Crippen LogP contribution in [0.4, 0.5) is 11.4 Å². The molecule has 1 atom stereocenters. The van der Waals surface area contributed by atoms with E-state index >= 15 is 0 Å². The molecule has 0 aliphatic rings. The van der Waals surface area contributed by atoms with E-state index < -0.39 is 0 Å². The van der Waals surface area contributed by atoms with Crippen LogP contribution >= 0.6 is 0 Å². The largest absolute Gasteiger partial charge is 0.508 e. The second-order valence-corrected chi connectivity index (χ2v) is 10.4. The van der Waals surface area contributed by atoms with Gasteiger partial charge >= 0.3 is 0 Å². The molecule has 0 aliphatic carbocycles. The fourth-order valence-electron chi connectivity index (χ4n) is 4.86. The van der Waals surface area contributed by atoms with Gasteiger partial charge in [0.25, 0.3) is 0 Å². The maximum Gasteiger partial charge on any atom is 0.115 e. The molecule has 3 rings (SSSR count). The minimum Gasteiger partial charge on any atom is -0.508 e. The Labute approximate surface area is 206 Å². The third kappa shape index (κ3) is 5.94. The average molecular weight is 459 g/mol. The Balaban J connectivity index is 1.96. The molecule has 0 spiro atoms. The quantitative estimate of drug-likeness (QED) is 0.282. The lowest BCUT2D eigenvalue weighted by Gasteiger charge is -2.26. The molecule has 3 heteroatoms. The number of anilines is 2. The van der Waals surface area contributed by atoms with Crippen LogP contribution in [-0.4, -0.2) is 5.11 Å². The second kappa shape index (κ2) is 11.0. The SMILES string of the molecule is CCCC(Nc1c(C)cc(Cc2cc(C)c(N)c(C(C)C)c2)cc1C(C)C)c1ccc(O)cc1. The van der Waals surface area contributed by atoms with E-state index in [0.29, 0.717) is 17.6 Å². The van der Waals surface area contributed by atoms with Gasteiger partial charge < -0.3 is 16.2 Å². The van der Waals surface area contributed by atoms with Crippen molar-refractivity contribution < 1.29 is 5.11 Å². The average Bonchev–Trinajstić information content (AvgIpc) is 2.77. The maximum absolute atomic E-state index is 9.72. The van der Waals surface area contributed by atoms with Crippen LogP contribution < -0.4 is 11.1 Å².